The summed E-state index contributed by atoms with van der Waals surface area (Å²) in [5.41, 5.74) is 4.24. The van der Waals surface area contributed by atoms with Crippen LogP contribution in [0.1, 0.15) is 17.0 Å². The molecule has 5 heteroatoms. The van der Waals surface area contributed by atoms with Crippen molar-refractivity contribution in [1.82, 2.24) is 15.3 Å². The molecule has 1 aromatic heterocycles. The van der Waals surface area contributed by atoms with Gasteiger partial charge in [0.2, 0.25) is 0 Å². The van der Waals surface area contributed by atoms with Crippen LogP contribution in [0, 0.1) is 6.92 Å². The minimum absolute atomic E-state index is 0.643. The Labute approximate surface area is 123 Å². The number of nitrogens with zero attached hydrogens (tertiary/aromatic N) is 2. The summed E-state index contributed by atoms with van der Waals surface area (Å²) in [7, 11) is 1.63. The zero-order valence-corrected chi connectivity index (χ0v) is 12.3. The molecule has 1 aromatic carbocycles. The standard InChI is InChI=1S/C15H16ClN3O/c1-9-12-8-17-6-5-13(12)19-15(18-9)11-4-3-10(16)7-14(11)20-2/h3-4,7,17H,5-6,8H2,1-2H3. The Morgan fingerprint density at radius 3 is 2.95 bits per heavy atom. The molecule has 0 amide bonds. The van der Waals surface area contributed by atoms with Gasteiger partial charge in [0.05, 0.1) is 18.4 Å². The van der Waals surface area contributed by atoms with Gasteiger partial charge in [-0.05, 0) is 25.1 Å². The predicted molar refractivity (Wildman–Crippen MR) is 79.2 cm³/mol. The second-order valence-corrected chi connectivity index (χ2v) is 5.27. The van der Waals surface area contributed by atoms with Crippen molar-refractivity contribution >= 4 is 11.6 Å². The number of benzene rings is 1. The molecule has 0 fully saturated rings. The van der Waals surface area contributed by atoms with Crippen LogP contribution in [-0.4, -0.2) is 23.6 Å². The van der Waals surface area contributed by atoms with E-state index in [0.29, 0.717) is 16.6 Å². The third kappa shape index (κ3) is 2.37. The van der Waals surface area contributed by atoms with E-state index in [-0.39, 0.29) is 0 Å². The highest BCUT2D eigenvalue weighted by molar-refractivity contribution is 6.30. The van der Waals surface area contributed by atoms with Crippen molar-refractivity contribution in [2.45, 2.75) is 19.9 Å². The zero-order chi connectivity index (χ0) is 14.1. The number of aryl methyl sites for hydroxylation is 1. The Balaban J connectivity index is 2.13. The van der Waals surface area contributed by atoms with Crippen LogP contribution in [0.4, 0.5) is 0 Å². The number of aromatic nitrogens is 2. The lowest BCUT2D eigenvalue weighted by Crippen LogP contribution is -2.26. The molecule has 2 heterocycles. The molecule has 104 valence electrons. The molecule has 0 aliphatic carbocycles. The second-order valence-electron chi connectivity index (χ2n) is 4.83. The largest absolute Gasteiger partial charge is 0.496 e. The maximum absolute atomic E-state index is 6.00. The van der Waals surface area contributed by atoms with Gasteiger partial charge in [-0.15, -0.1) is 0 Å². The maximum atomic E-state index is 6.00. The lowest BCUT2D eigenvalue weighted by atomic mass is 10.0. The van der Waals surface area contributed by atoms with E-state index < -0.39 is 0 Å². The Bertz CT molecular complexity index is 658. The van der Waals surface area contributed by atoms with E-state index in [0.717, 1.165) is 36.5 Å². The van der Waals surface area contributed by atoms with Gasteiger partial charge in [0.1, 0.15) is 5.75 Å². The minimum Gasteiger partial charge on any atom is -0.496 e. The van der Waals surface area contributed by atoms with Crippen molar-refractivity contribution < 1.29 is 4.74 Å². The molecule has 0 saturated heterocycles. The molecule has 0 unspecified atom stereocenters. The molecule has 0 spiro atoms. The van der Waals surface area contributed by atoms with Gasteiger partial charge in [-0.1, -0.05) is 11.6 Å². The van der Waals surface area contributed by atoms with Crippen LogP contribution in [0.25, 0.3) is 11.4 Å². The number of nitrogens with one attached hydrogen (secondary N) is 1. The van der Waals surface area contributed by atoms with E-state index in [2.05, 4.69) is 10.3 Å². The van der Waals surface area contributed by atoms with Crippen LogP contribution in [0.5, 0.6) is 5.75 Å². The minimum atomic E-state index is 0.643. The van der Waals surface area contributed by atoms with Gasteiger partial charge in [-0.25, -0.2) is 9.97 Å². The first kappa shape index (κ1) is 13.3. The van der Waals surface area contributed by atoms with Gasteiger partial charge in [-0.3, -0.25) is 0 Å². The molecule has 4 nitrogen and oxygen atoms in total. The summed E-state index contributed by atoms with van der Waals surface area (Å²) in [4.78, 5) is 9.33. The molecule has 0 atom stereocenters. The van der Waals surface area contributed by atoms with Crippen LogP contribution >= 0.6 is 11.6 Å². The highest BCUT2D eigenvalue weighted by Gasteiger charge is 2.17. The van der Waals surface area contributed by atoms with Crippen molar-refractivity contribution in [1.29, 1.82) is 0 Å². The summed E-state index contributed by atoms with van der Waals surface area (Å²) in [5.74, 6) is 1.41. The van der Waals surface area contributed by atoms with E-state index in [1.165, 1.54) is 5.56 Å². The molecule has 0 saturated carbocycles. The Kier molecular flexibility index (Phi) is 3.59. The first-order valence-electron chi connectivity index (χ1n) is 6.60. The number of ether oxygens (including phenoxy) is 1. The fraction of sp³-hybridized carbons (Fsp3) is 0.333. The molecule has 0 bridgehead atoms. The lowest BCUT2D eigenvalue weighted by Gasteiger charge is -2.19. The van der Waals surface area contributed by atoms with Gasteiger partial charge < -0.3 is 10.1 Å². The smallest absolute Gasteiger partial charge is 0.163 e. The van der Waals surface area contributed by atoms with Gasteiger partial charge >= 0.3 is 0 Å². The first-order valence-corrected chi connectivity index (χ1v) is 6.98. The summed E-state index contributed by atoms with van der Waals surface area (Å²) in [6, 6.07) is 5.53. The van der Waals surface area contributed by atoms with E-state index in [1.807, 2.05) is 19.1 Å². The van der Waals surface area contributed by atoms with Gasteiger partial charge in [0, 0.05) is 35.8 Å². The predicted octanol–water partition coefficient (Wildman–Crippen LogP) is 2.76. The summed E-state index contributed by atoms with van der Waals surface area (Å²) in [5, 5.41) is 3.99. The molecule has 1 aliphatic rings. The van der Waals surface area contributed by atoms with Crippen molar-refractivity contribution in [2.75, 3.05) is 13.7 Å². The van der Waals surface area contributed by atoms with Crippen molar-refractivity contribution in [3.8, 4) is 17.1 Å². The quantitative estimate of drug-likeness (QED) is 0.923. The van der Waals surface area contributed by atoms with Crippen molar-refractivity contribution in [3.05, 3.63) is 40.2 Å². The van der Waals surface area contributed by atoms with Crippen molar-refractivity contribution in [3.63, 3.8) is 0 Å². The first-order chi connectivity index (χ1) is 9.69. The van der Waals surface area contributed by atoms with E-state index >= 15 is 0 Å². The second kappa shape index (κ2) is 5.38. The van der Waals surface area contributed by atoms with Gasteiger partial charge in [0.15, 0.2) is 5.82 Å². The van der Waals surface area contributed by atoms with Gasteiger partial charge in [0.25, 0.3) is 0 Å². The summed E-state index contributed by atoms with van der Waals surface area (Å²) >= 11 is 6.00. The number of hydrogen-bond acceptors (Lipinski definition) is 4. The number of hydrogen-bond donors (Lipinski definition) is 1. The topological polar surface area (TPSA) is 47.0 Å². The average molecular weight is 290 g/mol. The number of rotatable bonds is 2. The fourth-order valence-electron chi connectivity index (χ4n) is 2.48. The summed E-state index contributed by atoms with van der Waals surface area (Å²) in [6.07, 6.45) is 0.932. The molecular weight excluding hydrogens is 274 g/mol. The normalized spacial score (nSPS) is 13.9. The number of fused-ring (bicyclic) bond motifs is 1. The monoisotopic (exact) mass is 289 g/mol. The van der Waals surface area contributed by atoms with Crippen molar-refractivity contribution in [2.24, 2.45) is 0 Å². The molecule has 0 radical (unpaired) electrons. The fourth-order valence-corrected chi connectivity index (χ4v) is 2.64. The highest BCUT2D eigenvalue weighted by Crippen LogP contribution is 2.31. The van der Waals surface area contributed by atoms with E-state index in [1.54, 1.807) is 13.2 Å². The zero-order valence-electron chi connectivity index (χ0n) is 11.5. The highest BCUT2D eigenvalue weighted by atomic mass is 35.5. The SMILES string of the molecule is COc1cc(Cl)ccc1-c1nc(C)c2c(n1)CCNC2. The van der Waals surface area contributed by atoms with Crippen LogP contribution in [0.2, 0.25) is 5.02 Å². The molecule has 3 rings (SSSR count). The lowest BCUT2D eigenvalue weighted by molar-refractivity contribution is 0.416. The Hall–Kier alpha value is -1.65. The van der Waals surface area contributed by atoms with Crippen LogP contribution in [-0.2, 0) is 13.0 Å². The molecular formula is C15H16ClN3O. The average Bonchev–Trinajstić information content (AvgIpc) is 2.47. The van der Waals surface area contributed by atoms with E-state index in [4.69, 9.17) is 21.3 Å². The molecule has 1 aliphatic heterocycles. The van der Waals surface area contributed by atoms with Crippen LogP contribution in [0.3, 0.4) is 0 Å². The third-order valence-corrected chi connectivity index (χ3v) is 3.78. The summed E-state index contributed by atoms with van der Waals surface area (Å²) < 4.78 is 5.39. The van der Waals surface area contributed by atoms with Gasteiger partial charge in [-0.2, -0.15) is 0 Å². The Morgan fingerprint density at radius 1 is 1.30 bits per heavy atom. The number of methoxy groups -OCH3 is 1. The third-order valence-electron chi connectivity index (χ3n) is 3.54. The molecule has 1 N–H and O–H groups in total. The maximum Gasteiger partial charge on any atom is 0.163 e. The molecule has 2 aromatic rings. The summed E-state index contributed by atoms with van der Waals surface area (Å²) in [6.45, 7) is 3.83. The van der Waals surface area contributed by atoms with Crippen LogP contribution in [0.15, 0.2) is 18.2 Å². The van der Waals surface area contributed by atoms with E-state index in [9.17, 15) is 0 Å². The molecule has 20 heavy (non-hydrogen) atoms. The number of halogens is 1. The van der Waals surface area contributed by atoms with Crippen LogP contribution < -0.4 is 10.1 Å². The Morgan fingerprint density at radius 2 is 2.15 bits per heavy atom.